The molecule has 3 fully saturated rings. The second-order valence-electron chi connectivity index (χ2n) is 6.43. The number of carbonyl (C=O) groups is 1. The summed E-state index contributed by atoms with van der Waals surface area (Å²) < 4.78 is 0. The maximum absolute atomic E-state index is 10.4. The van der Waals surface area contributed by atoms with Gasteiger partial charge in [0.15, 0.2) is 0 Å². The van der Waals surface area contributed by atoms with Crippen molar-refractivity contribution < 1.29 is 9.90 Å². The van der Waals surface area contributed by atoms with Gasteiger partial charge < -0.3 is 5.11 Å². The molecule has 3 saturated carbocycles. The second-order valence-corrected chi connectivity index (χ2v) is 6.43. The highest BCUT2D eigenvalue weighted by Crippen LogP contribution is 2.61. The minimum Gasteiger partial charge on any atom is -0.481 e. The van der Waals surface area contributed by atoms with Crippen LogP contribution in [0.5, 0.6) is 0 Å². The number of hydrogen-bond acceptors (Lipinski definition) is 1. The van der Waals surface area contributed by atoms with Gasteiger partial charge in [-0.3, -0.25) is 4.79 Å². The topological polar surface area (TPSA) is 37.3 Å². The standard InChI is InChI=1S/C15H24O2/c1-15(2)12-8-11(9-13(15)10-12)6-4-3-5-7-14(16)17/h3-4,11-13H,5-10H2,1-2H3,(H,16,17)/b4-3-/t11?,12-,13+. The van der Waals surface area contributed by atoms with Gasteiger partial charge in [0.25, 0.3) is 0 Å². The van der Waals surface area contributed by atoms with Crippen LogP contribution in [0, 0.1) is 23.2 Å². The molecule has 1 unspecified atom stereocenters. The number of allylic oxidation sites excluding steroid dienone is 2. The Labute approximate surface area is 104 Å². The molecule has 0 spiro atoms. The lowest BCUT2D eigenvalue weighted by molar-refractivity contribution is -0.136. The predicted molar refractivity (Wildman–Crippen MR) is 68.7 cm³/mol. The zero-order valence-electron chi connectivity index (χ0n) is 11.0. The van der Waals surface area contributed by atoms with E-state index < -0.39 is 5.97 Å². The minimum atomic E-state index is -0.699. The third kappa shape index (κ3) is 2.72. The summed E-state index contributed by atoms with van der Waals surface area (Å²) in [5, 5.41) is 8.53. The number of carboxylic acids is 1. The fourth-order valence-electron chi connectivity index (χ4n) is 3.63. The molecule has 0 radical (unpaired) electrons. The molecular weight excluding hydrogens is 212 g/mol. The van der Waals surface area contributed by atoms with Gasteiger partial charge in [0.05, 0.1) is 0 Å². The summed E-state index contributed by atoms with van der Waals surface area (Å²) in [7, 11) is 0. The Bertz CT molecular complexity index is 303. The van der Waals surface area contributed by atoms with Gasteiger partial charge in [-0.15, -0.1) is 0 Å². The largest absolute Gasteiger partial charge is 0.481 e. The first-order valence-corrected chi connectivity index (χ1v) is 6.87. The monoisotopic (exact) mass is 236 g/mol. The smallest absolute Gasteiger partial charge is 0.303 e. The van der Waals surface area contributed by atoms with Crippen molar-refractivity contribution in [3.8, 4) is 0 Å². The molecule has 3 rings (SSSR count). The van der Waals surface area contributed by atoms with E-state index in [4.69, 9.17) is 5.11 Å². The van der Waals surface area contributed by atoms with Crippen LogP contribution in [-0.2, 0) is 4.79 Å². The van der Waals surface area contributed by atoms with Gasteiger partial charge in [0.1, 0.15) is 0 Å². The summed E-state index contributed by atoms with van der Waals surface area (Å²) in [5.41, 5.74) is 0.601. The first-order valence-electron chi connectivity index (χ1n) is 6.87. The Balaban J connectivity index is 1.67. The molecule has 0 aromatic rings. The van der Waals surface area contributed by atoms with Gasteiger partial charge in [-0.25, -0.2) is 0 Å². The highest BCUT2D eigenvalue weighted by molar-refractivity contribution is 5.66. The molecule has 1 N–H and O–H groups in total. The van der Waals surface area contributed by atoms with Gasteiger partial charge >= 0.3 is 5.97 Å². The molecule has 17 heavy (non-hydrogen) atoms. The van der Waals surface area contributed by atoms with E-state index in [1.165, 1.54) is 19.3 Å². The summed E-state index contributed by atoms with van der Waals surface area (Å²) in [6, 6.07) is 0. The average molecular weight is 236 g/mol. The third-order valence-corrected chi connectivity index (χ3v) is 5.07. The van der Waals surface area contributed by atoms with E-state index in [2.05, 4.69) is 19.9 Å². The summed E-state index contributed by atoms with van der Waals surface area (Å²) in [6.45, 7) is 4.84. The molecule has 0 aliphatic heterocycles. The van der Waals surface area contributed by atoms with Gasteiger partial charge in [-0.05, 0) is 55.3 Å². The van der Waals surface area contributed by atoms with Crippen molar-refractivity contribution in [3.05, 3.63) is 12.2 Å². The van der Waals surface area contributed by atoms with Crippen LogP contribution in [0.3, 0.4) is 0 Å². The molecule has 0 aromatic heterocycles. The van der Waals surface area contributed by atoms with E-state index in [0.717, 1.165) is 24.2 Å². The van der Waals surface area contributed by atoms with Crippen molar-refractivity contribution in [2.24, 2.45) is 23.2 Å². The second kappa shape index (κ2) is 4.83. The van der Waals surface area contributed by atoms with Gasteiger partial charge in [0, 0.05) is 6.42 Å². The van der Waals surface area contributed by atoms with Gasteiger partial charge in [-0.2, -0.15) is 0 Å². The fourth-order valence-corrected chi connectivity index (χ4v) is 3.63. The number of aliphatic carboxylic acids is 1. The van der Waals surface area contributed by atoms with E-state index >= 15 is 0 Å². The minimum absolute atomic E-state index is 0.263. The van der Waals surface area contributed by atoms with Crippen LogP contribution in [0.4, 0.5) is 0 Å². The molecule has 3 aliphatic rings. The van der Waals surface area contributed by atoms with Crippen molar-refractivity contribution in [2.75, 3.05) is 0 Å². The third-order valence-electron chi connectivity index (χ3n) is 5.07. The molecule has 2 bridgehead atoms. The maximum atomic E-state index is 10.4. The molecule has 0 aromatic carbocycles. The highest BCUT2D eigenvalue weighted by Gasteiger charge is 2.52. The van der Waals surface area contributed by atoms with Crippen LogP contribution in [0.1, 0.15) is 52.4 Å². The van der Waals surface area contributed by atoms with E-state index in [-0.39, 0.29) is 6.42 Å². The Hall–Kier alpha value is -0.790. The number of hydrogen-bond donors (Lipinski definition) is 1. The maximum Gasteiger partial charge on any atom is 0.303 e. The Morgan fingerprint density at radius 1 is 1.24 bits per heavy atom. The average Bonchev–Trinajstić information content (AvgIpc) is 2.28. The molecular formula is C15H24O2. The predicted octanol–water partition coefficient (Wildman–Crippen LogP) is 3.87. The van der Waals surface area contributed by atoms with Crippen LogP contribution in [-0.4, -0.2) is 11.1 Å². The van der Waals surface area contributed by atoms with E-state index in [1.54, 1.807) is 0 Å². The zero-order chi connectivity index (χ0) is 12.5. The lowest BCUT2D eigenvalue weighted by Gasteiger charge is -2.59. The summed E-state index contributed by atoms with van der Waals surface area (Å²) in [5.74, 6) is 2.04. The highest BCUT2D eigenvalue weighted by atomic mass is 16.4. The molecule has 3 aliphatic carbocycles. The lowest BCUT2D eigenvalue weighted by atomic mass is 9.46. The van der Waals surface area contributed by atoms with Crippen LogP contribution < -0.4 is 0 Å². The molecule has 3 atom stereocenters. The molecule has 0 saturated heterocycles. The normalized spacial score (nSPS) is 34.6. The van der Waals surface area contributed by atoms with Crippen molar-refractivity contribution in [2.45, 2.75) is 52.4 Å². The Morgan fingerprint density at radius 2 is 1.88 bits per heavy atom. The van der Waals surface area contributed by atoms with Crippen molar-refractivity contribution in [3.63, 3.8) is 0 Å². The summed E-state index contributed by atoms with van der Waals surface area (Å²) in [6.07, 6.45) is 10.6. The summed E-state index contributed by atoms with van der Waals surface area (Å²) >= 11 is 0. The van der Waals surface area contributed by atoms with Gasteiger partial charge in [-0.1, -0.05) is 26.0 Å². The van der Waals surface area contributed by atoms with Crippen LogP contribution >= 0.6 is 0 Å². The van der Waals surface area contributed by atoms with Crippen LogP contribution in [0.15, 0.2) is 12.2 Å². The molecule has 0 heterocycles. The zero-order valence-corrected chi connectivity index (χ0v) is 11.0. The lowest BCUT2D eigenvalue weighted by Crippen LogP contribution is -2.50. The van der Waals surface area contributed by atoms with Crippen molar-refractivity contribution >= 4 is 5.97 Å². The Kier molecular flexibility index (Phi) is 3.60. The molecule has 2 nitrogen and oxygen atoms in total. The molecule has 2 heteroatoms. The van der Waals surface area contributed by atoms with E-state index in [0.29, 0.717) is 11.8 Å². The quantitative estimate of drug-likeness (QED) is 0.736. The number of fused-ring (bicyclic) bond motifs is 2. The SMILES string of the molecule is CC1(C)[C@@H]2CC(C/C=C\CCC(=O)O)C[C@H]1C2. The van der Waals surface area contributed by atoms with Crippen molar-refractivity contribution in [1.29, 1.82) is 0 Å². The molecule has 0 amide bonds. The van der Waals surface area contributed by atoms with Crippen LogP contribution in [0.2, 0.25) is 0 Å². The van der Waals surface area contributed by atoms with Gasteiger partial charge in [0.2, 0.25) is 0 Å². The fraction of sp³-hybridized carbons (Fsp3) is 0.800. The summed E-state index contributed by atoms with van der Waals surface area (Å²) in [4.78, 5) is 10.4. The first kappa shape index (κ1) is 12.7. The van der Waals surface area contributed by atoms with Crippen LogP contribution in [0.25, 0.3) is 0 Å². The molecule has 96 valence electrons. The first-order chi connectivity index (χ1) is 8.00. The van der Waals surface area contributed by atoms with E-state index in [1.807, 2.05) is 6.08 Å². The number of rotatable bonds is 5. The van der Waals surface area contributed by atoms with Crippen molar-refractivity contribution in [1.82, 2.24) is 0 Å². The van der Waals surface area contributed by atoms with E-state index in [9.17, 15) is 4.79 Å². The Morgan fingerprint density at radius 3 is 2.41 bits per heavy atom. The number of carboxylic acid groups (broad SMARTS) is 1.